The molecule has 31 heavy (non-hydrogen) atoms. The van der Waals surface area contributed by atoms with Gasteiger partial charge in [0.25, 0.3) is 11.8 Å². The average Bonchev–Trinajstić information content (AvgIpc) is 3.53. The smallest absolute Gasteiger partial charge is 0.331 e. The first kappa shape index (κ1) is 21.3. The zero-order valence-electron chi connectivity index (χ0n) is 18.1. The summed E-state index contributed by atoms with van der Waals surface area (Å²) in [6, 6.07) is 2.59. The molecule has 1 aliphatic heterocycles. The lowest BCUT2D eigenvalue weighted by Crippen LogP contribution is -2.69. The summed E-state index contributed by atoms with van der Waals surface area (Å²) in [5, 5.41) is 2.36. The number of amides is 3. The molecule has 3 aliphatic rings. The number of nitrogens with one attached hydrogen (secondary N) is 1. The number of rotatable bonds is 5. The predicted octanol–water partition coefficient (Wildman–Crippen LogP) is 2.18. The molecule has 1 aromatic rings. The summed E-state index contributed by atoms with van der Waals surface area (Å²) in [6.45, 7) is 3.40. The second kappa shape index (κ2) is 8.32. The van der Waals surface area contributed by atoms with E-state index in [-0.39, 0.29) is 6.54 Å². The number of aromatic nitrogens is 1. The van der Waals surface area contributed by atoms with Crippen LogP contribution in [0.5, 0.6) is 0 Å². The second-order valence-corrected chi connectivity index (χ2v) is 8.82. The molecule has 0 atom stereocenters. The highest BCUT2D eigenvalue weighted by atomic mass is 16.5. The maximum absolute atomic E-state index is 12.8. The fourth-order valence-electron chi connectivity index (χ4n) is 4.94. The van der Waals surface area contributed by atoms with Crippen molar-refractivity contribution in [1.29, 1.82) is 0 Å². The van der Waals surface area contributed by atoms with Crippen LogP contribution in [0.15, 0.2) is 12.1 Å². The SMILES string of the molecule is Cc1cc(/C=C/C(=O)OCC(=O)N2CC(=O)NC(=O)C23CCCCC3)c(C)n1C1CC1. The first-order valence-electron chi connectivity index (χ1n) is 11.0. The van der Waals surface area contributed by atoms with Gasteiger partial charge in [-0.15, -0.1) is 0 Å². The third-order valence-electron chi connectivity index (χ3n) is 6.65. The highest BCUT2D eigenvalue weighted by molar-refractivity contribution is 6.07. The summed E-state index contributed by atoms with van der Waals surface area (Å²) in [5.41, 5.74) is 2.21. The van der Waals surface area contributed by atoms with E-state index in [1.807, 2.05) is 13.0 Å². The Labute approximate surface area is 181 Å². The number of hydrogen-bond donors (Lipinski definition) is 1. The van der Waals surface area contributed by atoms with Crippen LogP contribution >= 0.6 is 0 Å². The van der Waals surface area contributed by atoms with Crippen molar-refractivity contribution in [2.45, 2.75) is 70.4 Å². The van der Waals surface area contributed by atoms with Gasteiger partial charge in [0.05, 0.1) is 0 Å². The Kier molecular flexibility index (Phi) is 5.73. The molecule has 4 rings (SSSR count). The van der Waals surface area contributed by atoms with E-state index in [9.17, 15) is 19.2 Å². The van der Waals surface area contributed by atoms with E-state index in [1.165, 1.54) is 23.8 Å². The summed E-state index contributed by atoms with van der Waals surface area (Å²) in [7, 11) is 0. The summed E-state index contributed by atoms with van der Waals surface area (Å²) < 4.78 is 7.44. The van der Waals surface area contributed by atoms with Crippen LogP contribution in [0.4, 0.5) is 0 Å². The van der Waals surface area contributed by atoms with Crippen molar-refractivity contribution in [1.82, 2.24) is 14.8 Å². The Morgan fingerprint density at radius 1 is 1.19 bits per heavy atom. The van der Waals surface area contributed by atoms with E-state index in [0.717, 1.165) is 36.2 Å². The number of hydrogen-bond acceptors (Lipinski definition) is 5. The lowest BCUT2D eigenvalue weighted by Gasteiger charge is -2.47. The molecule has 0 unspecified atom stereocenters. The first-order chi connectivity index (χ1) is 14.8. The second-order valence-electron chi connectivity index (χ2n) is 8.82. The highest BCUT2D eigenvalue weighted by Crippen LogP contribution is 2.38. The van der Waals surface area contributed by atoms with Crippen LogP contribution < -0.4 is 5.32 Å². The summed E-state index contributed by atoms with van der Waals surface area (Å²) in [4.78, 5) is 50.8. The Morgan fingerprint density at radius 3 is 2.58 bits per heavy atom. The van der Waals surface area contributed by atoms with E-state index >= 15 is 0 Å². The fourth-order valence-corrected chi connectivity index (χ4v) is 4.94. The normalized spacial score (nSPS) is 20.9. The molecule has 2 aliphatic carbocycles. The minimum atomic E-state index is -1.01. The number of ether oxygens (including phenoxy) is 1. The van der Waals surface area contributed by atoms with Gasteiger partial charge in [0.1, 0.15) is 12.1 Å². The quantitative estimate of drug-likeness (QED) is 0.441. The highest BCUT2D eigenvalue weighted by Gasteiger charge is 2.51. The van der Waals surface area contributed by atoms with Gasteiger partial charge in [0.15, 0.2) is 6.61 Å². The maximum Gasteiger partial charge on any atom is 0.331 e. The van der Waals surface area contributed by atoms with E-state index in [1.54, 1.807) is 6.08 Å². The molecule has 1 aromatic heterocycles. The zero-order chi connectivity index (χ0) is 22.2. The number of aryl methyl sites for hydroxylation is 1. The number of carbonyl (C=O) groups excluding carboxylic acids is 4. The molecule has 2 saturated carbocycles. The molecule has 8 heteroatoms. The topological polar surface area (TPSA) is 97.7 Å². The van der Waals surface area contributed by atoms with Crippen molar-refractivity contribution in [2.24, 2.45) is 0 Å². The lowest BCUT2D eigenvalue weighted by atomic mass is 9.78. The monoisotopic (exact) mass is 427 g/mol. The Balaban J connectivity index is 1.39. The third-order valence-corrected chi connectivity index (χ3v) is 6.65. The van der Waals surface area contributed by atoms with Crippen LogP contribution in [-0.4, -0.2) is 51.8 Å². The van der Waals surface area contributed by atoms with Crippen LogP contribution in [0.3, 0.4) is 0 Å². The van der Waals surface area contributed by atoms with Gasteiger partial charge in [-0.25, -0.2) is 4.79 Å². The van der Waals surface area contributed by atoms with Crippen molar-refractivity contribution in [3.05, 3.63) is 29.1 Å². The minimum absolute atomic E-state index is 0.189. The van der Waals surface area contributed by atoms with Crippen molar-refractivity contribution in [3.8, 4) is 0 Å². The maximum atomic E-state index is 12.8. The zero-order valence-corrected chi connectivity index (χ0v) is 18.1. The van der Waals surface area contributed by atoms with Crippen LogP contribution in [-0.2, 0) is 23.9 Å². The summed E-state index contributed by atoms with van der Waals surface area (Å²) in [6.07, 6.45) is 9.03. The fraction of sp³-hybridized carbons (Fsp3) is 0.565. The van der Waals surface area contributed by atoms with Crippen LogP contribution in [0.2, 0.25) is 0 Å². The molecule has 1 saturated heterocycles. The van der Waals surface area contributed by atoms with E-state index in [4.69, 9.17) is 4.74 Å². The molecule has 1 spiro atoms. The Morgan fingerprint density at radius 2 is 1.90 bits per heavy atom. The minimum Gasteiger partial charge on any atom is -0.452 e. The van der Waals surface area contributed by atoms with Crippen molar-refractivity contribution < 1.29 is 23.9 Å². The standard InChI is InChI=1S/C23H29N3O5/c1-15-12-17(16(2)26(15)18-7-8-18)6-9-21(29)31-14-20(28)25-13-19(27)24-22(30)23(25)10-4-3-5-11-23/h6,9,12,18H,3-5,7-8,10-11,13-14H2,1-2H3,(H,24,27,30)/b9-6+. The lowest BCUT2D eigenvalue weighted by molar-refractivity contribution is -0.163. The van der Waals surface area contributed by atoms with E-state index in [0.29, 0.717) is 18.9 Å². The van der Waals surface area contributed by atoms with Gasteiger partial charge >= 0.3 is 5.97 Å². The first-order valence-corrected chi connectivity index (χ1v) is 11.0. The molecule has 0 radical (unpaired) electrons. The Bertz CT molecular complexity index is 951. The van der Waals surface area contributed by atoms with Gasteiger partial charge in [0.2, 0.25) is 5.91 Å². The predicted molar refractivity (Wildman–Crippen MR) is 113 cm³/mol. The molecule has 8 nitrogen and oxygen atoms in total. The number of imide groups is 1. The molecular weight excluding hydrogens is 398 g/mol. The van der Waals surface area contributed by atoms with Gasteiger partial charge in [-0.3, -0.25) is 19.7 Å². The van der Waals surface area contributed by atoms with Crippen molar-refractivity contribution in [2.75, 3.05) is 13.2 Å². The molecule has 3 fully saturated rings. The van der Waals surface area contributed by atoms with Crippen molar-refractivity contribution in [3.63, 3.8) is 0 Å². The van der Waals surface area contributed by atoms with Gasteiger partial charge in [-0.2, -0.15) is 0 Å². The number of esters is 1. The molecule has 2 heterocycles. The average molecular weight is 428 g/mol. The number of piperazine rings is 1. The number of carbonyl (C=O) groups is 4. The molecule has 1 N–H and O–H groups in total. The Hall–Kier alpha value is -2.90. The van der Waals surface area contributed by atoms with Crippen LogP contribution in [0.1, 0.15) is 67.9 Å². The number of nitrogens with zero attached hydrogens (tertiary/aromatic N) is 2. The van der Waals surface area contributed by atoms with Gasteiger partial charge in [0, 0.05) is 23.5 Å². The van der Waals surface area contributed by atoms with Crippen LogP contribution in [0.25, 0.3) is 6.08 Å². The summed E-state index contributed by atoms with van der Waals surface area (Å²) >= 11 is 0. The van der Waals surface area contributed by atoms with Gasteiger partial charge in [-0.1, -0.05) is 19.3 Å². The largest absolute Gasteiger partial charge is 0.452 e. The van der Waals surface area contributed by atoms with Crippen molar-refractivity contribution >= 4 is 29.8 Å². The third kappa shape index (κ3) is 4.16. The molecule has 3 amide bonds. The van der Waals surface area contributed by atoms with Gasteiger partial charge < -0.3 is 14.2 Å². The molecule has 0 bridgehead atoms. The van der Waals surface area contributed by atoms with E-state index < -0.39 is 35.8 Å². The van der Waals surface area contributed by atoms with Gasteiger partial charge in [-0.05, 0) is 57.2 Å². The molecule has 0 aromatic carbocycles. The molecular formula is C23H29N3O5. The molecule has 166 valence electrons. The summed E-state index contributed by atoms with van der Waals surface area (Å²) in [5.74, 6) is -2.07. The van der Waals surface area contributed by atoms with E-state index in [2.05, 4.69) is 16.8 Å². The van der Waals surface area contributed by atoms with Crippen LogP contribution in [0, 0.1) is 13.8 Å².